The first-order valence-electron chi connectivity index (χ1n) is 9.08. The van der Waals surface area contributed by atoms with E-state index in [1.54, 1.807) is 30.5 Å². The van der Waals surface area contributed by atoms with E-state index >= 15 is 0 Å². The van der Waals surface area contributed by atoms with E-state index in [0.29, 0.717) is 11.4 Å². The Morgan fingerprint density at radius 2 is 1.83 bits per heavy atom. The molecule has 4 rings (SSSR count). The van der Waals surface area contributed by atoms with Crippen LogP contribution in [0.2, 0.25) is 0 Å². The van der Waals surface area contributed by atoms with Crippen LogP contribution in [0.4, 0.5) is 0 Å². The van der Waals surface area contributed by atoms with E-state index in [-0.39, 0.29) is 11.7 Å². The quantitative estimate of drug-likeness (QED) is 0.572. The van der Waals surface area contributed by atoms with E-state index in [1.807, 2.05) is 48.7 Å². The van der Waals surface area contributed by atoms with E-state index < -0.39 is 6.37 Å². The number of benzene rings is 2. The molecule has 0 fully saturated rings. The highest BCUT2D eigenvalue weighted by Gasteiger charge is 2.13. The summed E-state index contributed by atoms with van der Waals surface area (Å²) in [6.07, 6.45) is 0.201. The molecule has 4 aromatic rings. The molecule has 0 saturated heterocycles. The van der Waals surface area contributed by atoms with Crippen LogP contribution in [-0.4, -0.2) is 14.7 Å². The first-order valence-corrected chi connectivity index (χ1v) is 8.08. The van der Waals surface area contributed by atoms with Gasteiger partial charge in [-0.15, -0.1) is 0 Å². The average molecular weight is 318 g/mol. The summed E-state index contributed by atoms with van der Waals surface area (Å²) >= 11 is 0. The van der Waals surface area contributed by atoms with Gasteiger partial charge in [-0.25, -0.2) is 4.98 Å². The lowest BCUT2D eigenvalue weighted by molar-refractivity contribution is 0.476. The molecule has 24 heavy (non-hydrogen) atoms. The molecule has 3 heteroatoms. The molecule has 0 atom stereocenters. The zero-order valence-corrected chi connectivity index (χ0v) is 13.7. The summed E-state index contributed by atoms with van der Waals surface area (Å²) < 4.78 is 18.8. The van der Waals surface area contributed by atoms with Gasteiger partial charge in [-0.05, 0) is 48.2 Å². The summed E-state index contributed by atoms with van der Waals surface area (Å²) in [4.78, 5) is 4.50. The maximum Gasteiger partial charge on any atom is 0.137 e. The Bertz CT molecular complexity index is 1120. The number of fused-ring (bicyclic) bond motifs is 3. The van der Waals surface area contributed by atoms with Crippen molar-refractivity contribution in [3.8, 4) is 11.6 Å². The molecule has 120 valence electrons. The van der Waals surface area contributed by atoms with Crippen LogP contribution in [0.15, 0.2) is 60.8 Å². The highest BCUT2D eigenvalue weighted by atomic mass is 16.3. The van der Waals surface area contributed by atoms with Crippen molar-refractivity contribution < 1.29 is 7.85 Å². The third kappa shape index (κ3) is 2.42. The summed E-state index contributed by atoms with van der Waals surface area (Å²) in [6.45, 7) is 3.75. The highest BCUT2D eigenvalue weighted by Crippen LogP contribution is 2.33. The highest BCUT2D eigenvalue weighted by molar-refractivity contribution is 6.09. The fourth-order valence-corrected chi connectivity index (χ4v) is 3.17. The Morgan fingerprint density at radius 3 is 2.67 bits per heavy atom. The second-order valence-electron chi connectivity index (χ2n) is 6.26. The van der Waals surface area contributed by atoms with Gasteiger partial charge in [0, 0.05) is 25.8 Å². The second-order valence-corrected chi connectivity index (χ2v) is 6.26. The lowest BCUT2D eigenvalue weighted by atomic mass is 10.0. The van der Waals surface area contributed by atoms with Gasteiger partial charge >= 0.3 is 0 Å². The molecular weight excluding hydrogens is 296 g/mol. The lowest BCUT2D eigenvalue weighted by Crippen LogP contribution is -2.00. The molecule has 0 radical (unpaired) electrons. The Kier molecular flexibility index (Phi) is 2.98. The largest absolute Gasteiger partial charge is 0.508 e. The van der Waals surface area contributed by atoms with Crippen molar-refractivity contribution in [2.75, 3.05) is 0 Å². The average Bonchev–Trinajstić information content (AvgIpc) is 2.95. The van der Waals surface area contributed by atoms with Gasteiger partial charge in [-0.3, -0.25) is 4.57 Å². The van der Waals surface area contributed by atoms with Crippen molar-refractivity contribution >= 4 is 21.8 Å². The number of aromatic nitrogens is 2. The van der Waals surface area contributed by atoms with Gasteiger partial charge in [0.15, 0.2) is 0 Å². The van der Waals surface area contributed by atoms with Gasteiger partial charge in [0.05, 0.1) is 11.0 Å². The topological polar surface area (TPSA) is 38.0 Å². The molecule has 0 unspecified atom stereocenters. The summed E-state index contributed by atoms with van der Waals surface area (Å²) in [7, 11) is 0. The number of phenolic OH excluding ortho intramolecular Hbond substituents is 1. The molecule has 2 aromatic carbocycles. The third-order valence-corrected chi connectivity index (χ3v) is 4.09. The van der Waals surface area contributed by atoms with E-state index in [1.165, 1.54) is 0 Å². The first-order chi connectivity index (χ1) is 12.4. The van der Waals surface area contributed by atoms with Crippen LogP contribution in [-0.2, 0) is 6.37 Å². The molecule has 3 nitrogen and oxygen atoms in total. The SMILES string of the molecule is [2H]C([2H])(c1ccnc(-n2c3ccccc3c3ccc(O)cc32)c1)C(C)C. The summed E-state index contributed by atoms with van der Waals surface area (Å²) in [5.41, 5.74) is 2.42. The van der Waals surface area contributed by atoms with Gasteiger partial charge in [-0.2, -0.15) is 0 Å². The number of rotatable bonds is 3. The standard InChI is InChI=1S/C21H20N2O/c1-14(2)11-15-9-10-22-21(12-15)23-19-6-4-3-5-17(19)18-8-7-16(24)13-20(18)23/h3-10,12-14,24H,11H2,1-2H3/i11D2. The minimum Gasteiger partial charge on any atom is -0.508 e. The van der Waals surface area contributed by atoms with Crippen molar-refractivity contribution in [3.63, 3.8) is 0 Å². The number of hydrogen-bond donors (Lipinski definition) is 1. The summed E-state index contributed by atoms with van der Waals surface area (Å²) in [5, 5.41) is 12.1. The maximum absolute atomic E-state index is 9.99. The second kappa shape index (κ2) is 5.68. The van der Waals surface area contributed by atoms with Crippen molar-refractivity contribution in [1.29, 1.82) is 0 Å². The van der Waals surface area contributed by atoms with Gasteiger partial charge in [0.1, 0.15) is 11.6 Å². The normalized spacial score (nSPS) is 13.5. The molecule has 2 heterocycles. The number of hydrogen-bond acceptors (Lipinski definition) is 2. The fourth-order valence-electron chi connectivity index (χ4n) is 3.17. The van der Waals surface area contributed by atoms with Crippen LogP contribution in [0.25, 0.3) is 27.6 Å². The predicted molar refractivity (Wildman–Crippen MR) is 98.8 cm³/mol. The molecule has 0 saturated carbocycles. The Hall–Kier alpha value is -2.81. The summed E-state index contributed by atoms with van der Waals surface area (Å²) in [6, 6.07) is 16.8. The van der Waals surface area contributed by atoms with Crippen LogP contribution >= 0.6 is 0 Å². The van der Waals surface area contributed by atoms with Crippen molar-refractivity contribution in [3.05, 3.63) is 66.4 Å². The van der Waals surface area contributed by atoms with Crippen LogP contribution in [0.3, 0.4) is 0 Å². The molecule has 1 N–H and O–H groups in total. The zero-order valence-electron chi connectivity index (χ0n) is 15.7. The first kappa shape index (κ1) is 12.6. The Balaban J connectivity index is 2.04. The van der Waals surface area contributed by atoms with Gasteiger partial charge in [0.25, 0.3) is 0 Å². The Labute approximate surface area is 144 Å². The fraction of sp³-hybridized carbons (Fsp3) is 0.190. The Morgan fingerprint density at radius 1 is 1.04 bits per heavy atom. The maximum atomic E-state index is 9.99. The van der Waals surface area contributed by atoms with E-state index in [2.05, 4.69) is 4.98 Å². The summed E-state index contributed by atoms with van der Waals surface area (Å²) in [5.74, 6) is 0.680. The van der Waals surface area contributed by atoms with Crippen LogP contribution in [0.5, 0.6) is 5.75 Å². The van der Waals surface area contributed by atoms with Crippen LogP contribution < -0.4 is 0 Å². The molecule has 0 aliphatic rings. The number of phenols is 1. The lowest BCUT2D eigenvalue weighted by Gasteiger charge is -2.10. The van der Waals surface area contributed by atoms with Gasteiger partial charge in [0.2, 0.25) is 0 Å². The molecular formula is C21H20N2O. The third-order valence-electron chi connectivity index (χ3n) is 4.09. The molecule has 0 amide bonds. The molecule has 0 spiro atoms. The molecule has 0 aliphatic carbocycles. The van der Waals surface area contributed by atoms with E-state index in [4.69, 9.17) is 2.74 Å². The molecule has 0 bridgehead atoms. The van der Waals surface area contributed by atoms with E-state index in [9.17, 15) is 5.11 Å². The minimum atomic E-state index is -1.45. The molecule has 0 aliphatic heterocycles. The van der Waals surface area contributed by atoms with Crippen LogP contribution in [0.1, 0.15) is 22.2 Å². The van der Waals surface area contributed by atoms with Crippen molar-refractivity contribution in [2.24, 2.45) is 5.92 Å². The number of aromatic hydroxyl groups is 1. The predicted octanol–water partition coefficient (Wildman–Crippen LogP) is 5.08. The minimum absolute atomic E-state index is 0.153. The van der Waals surface area contributed by atoms with Crippen LogP contribution in [0, 0.1) is 5.92 Å². The van der Waals surface area contributed by atoms with Gasteiger partial charge < -0.3 is 5.11 Å². The number of para-hydroxylation sites is 1. The van der Waals surface area contributed by atoms with Crippen molar-refractivity contribution in [2.45, 2.75) is 20.2 Å². The molecule has 2 aromatic heterocycles. The zero-order chi connectivity index (χ0) is 18.5. The van der Waals surface area contributed by atoms with Crippen molar-refractivity contribution in [1.82, 2.24) is 9.55 Å². The smallest absolute Gasteiger partial charge is 0.137 e. The number of pyridine rings is 1. The van der Waals surface area contributed by atoms with Gasteiger partial charge in [-0.1, -0.05) is 32.0 Å². The van der Waals surface area contributed by atoms with E-state index in [0.717, 1.165) is 21.8 Å². The monoisotopic (exact) mass is 318 g/mol. The number of nitrogens with zero attached hydrogens (tertiary/aromatic N) is 2.